The Kier molecular flexibility index (Phi) is 6.33. The van der Waals surface area contributed by atoms with Crippen molar-refractivity contribution >= 4 is 33.2 Å². The van der Waals surface area contributed by atoms with Gasteiger partial charge >= 0.3 is 0 Å². The Labute approximate surface area is 144 Å². The number of pyridine rings is 1. The zero-order chi connectivity index (χ0) is 17.6. The van der Waals surface area contributed by atoms with E-state index in [0.717, 1.165) is 24.1 Å². The van der Waals surface area contributed by atoms with Crippen LogP contribution in [0, 0.1) is 5.82 Å². The van der Waals surface area contributed by atoms with Gasteiger partial charge in [-0.05, 0) is 30.3 Å². The number of hydrogen-bond donors (Lipinski definition) is 1. The predicted molar refractivity (Wildman–Crippen MR) is 93.2 cm³/mol. The van der Waals surface area contributed by atoms with Crippen LogP contribution in [0.5, 0.6) is 0 Å². The van der Waals surface area contributed by atoms with E-state index in [4.69, 9.17) is 0 Å². The highest BCUT2D eigenvalue weighted by atomic mass is 32.2. The summed E-state index contributed by atoms with van der Waals surface area (Å²) in [6, 6.07) is 8.96. The SMILES string of the molecule is CS(=O)(=O)c1ccc(F)c(NC(=O)CCSCc2ccccn2)c1. The summed E-state index contributed by atoms with van der Waals surface area (Å²) in [7, 11) is -3.46. The third-order valence-corrected chi connectivity index (χ3v) is 5.19. The smallest absolute Gasteiger partial charge is 0.225 e. The van der Waals surface area contributed by atoms with E-state index in [2.05, 4.69) is 10.3 Å². The minimum atomic E-state index is -3.46. The van der Waals surface area contributed by atoms with Gasteiger partial charge in [0, 0.05) is 30.4 Å². The normalized spacial score (nSPS) is 11.2. The van der Waals surface area contributed by atoms with Crippen LogP contribution in [0.1, 0.15) is 12.1 Å². The lowest BCUT2D eigenvalue weighted by Gasteiger charge is -2.08. The number of nitrogens with zero attached hydrogens (tertiary/aromatic N) is 1. The number of thioether (sulfide) groups is 1. The molecule has 2 rings (SSSR count). The van der Waals surface area contributed by atoms with Gasteiger partial charge in [-0.2, -0.15) is 11.8 Å². The molecule has 128 valence electrons. The molecule has 1 heterocycles. The molecule has 0 aliphatic carbocycles. The fourth-order valence-corrected chi connectivity index (χ4v) is 3.37. The van der Waals surface area contributed by atoms with E-state index < -0.39 is 15.7 Å². The second kappa shape index (κ2) is 8.25. The molecule has 24 heavy (non-hydrogen) atoms. The zero-order valence-electron chi connectivity index (χ0n) is 13.0. The molecule has 0 spiro atoms. The molecule has 2 aromatic rings. The molecule has 0 saturated heterocycles. The van der Waals surface area contributed by atoms with Gasteiger partial charge in [0.15, 0.2) is 9.84 Å². The first-order valence-corrected chi connectivity index (χ1v) is 10.2. The molecule has 0 bridgehead atoms. The van der Waals surface area contributed by atoms with Gasteiger partial charge in [0.2, 0.25) is 5.91 Å². The Bertz CT molecular complexity index is 811. The topological polar surface area (TPSA) is 76.1 Å². The molecule has 1 aromatic heterocycles. The Morgan fingerprint density at radius 1 is 1.29 bits per heavy atom. The van der Waals surface area contributed by atoms with Crippen LogP contribution in [0.15, 0.2) is 47.5 Å². The number of amides is 1. The molecular weight excluding hydrogens is 351 g/mol. The molecule has 0 fully saturated rings. The van der Waals surface area contributed by atoms with Gasteiger partial charge in [-0.15, -0.1) is 0 Å². The lowest BCUT2D eigenvalue weighted by Crippen LogP contribution is -2.14. The Morgan fingerprint density at radius 2 is 2.08 bits per heavy atom. The number of rotatable bonds is 7. The molecule has 0 saturated carbocycles. The summed E-state index contributed by atoms with van der Waals surface area (Å²) in [5, 5.41) is 2.41. The fraction of sp³-hybridized carbons (Fsp3) is 0.250. The average Bonchev–Trinajstić information content (AvgIpc) is 2.53. The highest BCUT2D eigenvalue weighted by Crippen LogP contribution is 2.20. The zero-order valence-corrected chi connectivity index (χ0v) is 14.7. The van der Waals surface area contributed by atoms with Gasteiger partial charge in [0.1, 0.15) is 5.82 Å². The van der Waals surface area contributed by atoms with Crippen LogP contribution in [-0.2, 0) is 20.4 Å². The number of hydrogen-bond acceptors (Lipinski definition) is 5. The molecule has 0 unspecified atom stereocenters. The summed E-state index contributed by atoms with van der Waals surface area (Å²) < 4.78 is 36.7. The standard InChI is InChI=1S/C16H17FN2O3S2/c1-24(21,22)13-5-6-14(17)15(10-13)19-16(20)7-9-23-11-12-4-2-3-8-18-12/h2-6,8,10H,7,9,11H2,1H3,(H,19,20). The first kappa shape index (κ1) is 18.4. The van der Waals surface area contributed by atoms with Crippen molar-refractivity contribution in [3.8, 4) is 0 Å². The summed E-state index contributed by atoms with van der Waals surface area (Å²) in [5.74, 6) is 0.201. The van der Waals surface area contributed by atoms with Crippen LogP contribution in [0.4, 0.5) is 10.1 Å². The fourth-order valence-electron chi connectivity index (χ4n) is 1.87. The summed E-state index contributed by atoms with van der Waals surface area (Å²) >= 11 is 1.54. The lowest BCUT2D eigenvalue weighted by molar-refractivity contribution is -0.115. The monoisotopic (exact) mass is 368 g/mol. The molecule has 1 N–H and O–H groups in total. The van der Waals surface area contributed by atoms with Gasteiger partial charge < -0.3 is 5.32 Å². The maximum Gasteiger partial charge on any atom is 0.225 e. The van der Waals surface area contributed by atoms with Gasteiger partial charge in [-0.25, -0.2) is 12.8 Å². The van der Waals surface area contributed by atoms with Crippen molar-refractivity contribution in [2.75, 3.05) is 17.3 Å². The van der Waals surface area contributed by atoms with E-state index in [-0.39, 0.29) is 22.9 Å². The number of benzene rings is 1. The van der Waals surface area contributed by atoms with Crippen LogP contribution in [0.2, 0.25) is 0 Å². The van der Waals surface area contributed by atoms with E-state index in [9.17, 15) is 17.6 Å². The van der Waals surface area contributed by atoms with E-state index >= 15 is 0 Å². The van der Waals surface area contributed by atoms with Crippen LogP contribution in [-0.4, -0.2) is 31.3 Å². The van der Waals surface area contributed by atoms with Crippen molar-refractivity contribution in [2.45, 2.75) is 17.1 Å². The molecule has 0 aliphatic heterocycles. The summed E-state index contributed by atoms with van der Waals surface area (Å²) in [6.07, 6.45) is 2.93. The highest BCUT2D eigenvalue weighted by molar-refractivity contribution is 7.98. The number of carbonyl (C=O) groups is 1. The number of anilines is 1. The highest BCUT2D eigenvalue weighted by Gasteiger charge is 2.13. The van der Waals surface area contributed by atoms with Crippen molar-refractivity contribution in [1.29, 1.82) is 0 Å². The Morgan fingerprint density at radius 3 is 2.75 bits per heavy atom. The molecule has 1 amide bonds. The first-order chi connectivity index (χ1) is 11.4. The molecule has 5 nitrogen and oxygen atoms in total. The number of nitrogens with one attached hydrogen (secondary N) is 1. The molecule has 0 atom stereocenters. The summed E-state index contributed by atoms with van der Waals surface area (Å²) in [4.78, 5) is 16.0. The summed E-state index contributed by atoms with van der Waals surface area (Å²) in [5.41, 5.74) is 0.799. The number of halogens is 1. The van der Waals surface area contributed by atoms with Gasteiger partial charge in [0.25, 0.3) is 0 Å². The second-order valence-corrected chi connectivity index (χ2v) is 8.21. The Balaban J connectivity index is 1.86. The third-order valence-electron chi connectivity index (χ3n) is 3.09. The van der Waals surface area contributed by atoms with E-state index in [1.165, 1.54) is 6.07 Å². The second-order valence-electron chi connectivity index (χ2n) is 5.09. The average molecular weight is 368 g/mol. The van der Waals surface area contributed by atoms with E-state index in [0.29, 0.717) is 11.5 Å². The molecule has 1 aromatic carbocycles. The van der Waals surface area contributed by atoms with Crippen molar-refractivity contribution in [1.82, 2.24) is 4.98 Å². The Hall–Kier alpha value is -1.93. The van der Waals surface area contributed by atoms with Gasteiger partial charge in [-0.1, -0.05) is 6.07 Å². The van der Waals surface area contributed by atoms with Gasteiger partial charge in [-0.3, -0.25) is 9.78 Å². The largest absolute Gasteiger partial charge is 0.324 e. The predicted octanol–water partition coefficient (Wildman–Crippen LogP) is 2.89. The number of carbonyl (C=O) groups excluding carboxylic acids is 1. The minimum Gasteiger partial charge on any atom is -0.324 e. The van der Waals surface area contributed by atoms with Crippen LogP contribution in [0.3, 0.4) is 0 Å². The van der Waals surface area contributed by atoms with Crippen molar-refractivity contribution in [3.63, 3.8) is 0 Å². The van der Waals surface area contributed by atoms with Crippen molar-refractivity contribution < 1.29 is 17.6 Å². The van der Waals surface area contributed by atoms with E-state index in [1.54, 1.807) is 18.0 Å². The number of sulfone groups is 1. The molecule has 0 aliphatic rings. The maximum atomic E-state index is 13.7. The molecule has 0 radical (unpaired) electrons. The van der Waals surface area contributed by atoms with Crippen LogP contribution < -0.4 is 5.32 Å². The van der Waals surface area contributed by atoms with E-state index in [1.807, 2.05) is 18.2 Å². The number of aromatic nitrogens is 1. The summed E-state index contributed by atoms with van der Waals surface area (Å²) in [6.45, 7) is 0. The van der Waals surface area contributed by atoms with Crippen LogP contribution in [0.25, 0.3) is 0 Å². The molecular formula is C16H17FN2O3S2. The van der Waals surface area contributed by atoms with Crippen molar-refractivity contribution in [2.24, 2.45) is 0 Å². The lowest BCUT2D eigenvalue weighted by atomic mass is 10.3. The quantitative estimate of drug-likeness (QED) is 0.601. The first-order valence-electron chi connectivity index (χ1n) is 7.13. The van der Waals surface area contributed by atoms with Crippen molar-refractivity contribution in [3.05, 3.63) is 54.1 Å². The third kappa shape index (κ3) is 5.61. The minimum absolute atomic E-state index is 0.0382. The van der Waals surface area contributed by atoms with Gasteiger partial charge in [0.05, 0.1) is 16.3 Å². The maximum absolute atomic E-state index is 13.7. The van der Waals surface area contributed by atoms with Crippen LogP contribution >= 0.6 is 11.8 Å². The molecule has 8 heteroatoms.